The molecule has 5 heteroatoms. The zero-order valence-electron chi connectivity index (χ0n) is 14.9. The zero-order valence-corrected chi connectivity index (χ0v) is 14.9. The first-order valence-electron chi connectivity index (χ1n) is 9.16. The van der Waals surface area contributed by atoms with Crippen LogP contribution in [0.15, 0.2) is 59.0 Å². The predicted octanol–water partition coefficient (Wildman–Crippen LogP) is 3.92. The number of nitrogens with one attached hydrogen (secondary N) is 1. The minimum Gasteiger partial charge on any atom is -0.423 e. The molecule has 0 saturated carbocycles. The molecule has 0 spiro atoms. The largest absolute Gasteiger partial charge is 0.423 e. The van der Waals surface area contributed by atoms with Gasteiger partial charge in [-0.2, -0.15) is 4.98 Å². The van der Waals surface area contributed by atoms with Crippen molar-refractivity contribution >= 4 is 23.0 Å². The van der Waals surface area contributed by atoms with Gasteiger partial charge in [0.25, 0.3) is 6.01 Å². The molecule has 2 aromatic carbocycles. The molecule has 3 aromatic rings. The number of para-hydroxylation sites is 2. The fourth-order valence-corrected chi connectivity index (χ4v) is 3.52. The van der Waals surface area contributed by atoms with Crippen molar-refractivity contribution in [2.24, 2.45) is 5.92 Å². The monoisotopic (exact) mass is 349 g/mol. The number of benzene rings is 2. The second-order valence-corrected chi connectivity index (χ2v) is 6.89. The van der Waals surface area contributed by atoms with E-state index in [1.807, 2.05) is 61.5 Å². The molecule has 134 valence electrons. The second-order valence-electron chi connectivity index (χ2n) is 6.89. The molecular formula is C21H23N3O2. The number of hydrogen-bond donors (Lipinski definition) is 1. The van der Waals surface area contributed by atoms with Gasteiger partial charge in [0.1, 0.15) is 5.52 Å². The smallest absolute Gasteiger partial charge is 0.298 e. The van der Waals surface area contributed by atoms with Crippen LogP contribution < -0.4 is 10.2 Å². The predicted molar refractivity (Wildman–Crippen MR) is 102 cm³/mol. The lowest BCUT2D eigenvalue weighted by Crippen LogP contribution is -2.43. The number of oxazole rings is 1. The van der Waals surface area contributed by atoms with Crippen molar-refractivity contribution in [3.05, 3.63) is 60.2 Å². The third-order valence-corrected chi connectivity index (χ3v) is 5.00. The number of piperidine rings is 1. The van der Waals surface area contributed by atoms with Crippen LogP contribution in [-0.2, 0) is 4.79 Å². The number of anilines is 1. The molecule has 1 saturated heterocycles. The van der Waals surface area contributed by atoms with Gasteiger partial charge in [-0.25, -0.2) is 0 Å². The Kier molecular flexibility index (Phi) is 4.61. The minimum atomic E-state index is -0.0510. The van der Waals surface area contributed by atoms with Crippen LogP contribution in [0.1, 0.15) is 31.4 Å². The summed E-state index contributed by atoms with van der Waals surface area (Å²) < 4.78 is 5.87. The van der Waals surface area contributed by atoms with Gasteiger partial charge < -0.3 is 14.6 Å². The van der Waals surface area contributed by atoms with Gasteiger partial charge >= 0.3 is 0 Å². The lowest BCUT2D eigenvalue weighted by atomic mass is 9.96. The summed E-state index contributed by atoms with van der Waals surface area (Å²) in [6.45, 7) is 3.53. The third-order valence-electron chi connectivity index (χ3n) is 5.00. The van der Waals surface area contributed by atoms with E-state index in [-0.39, 0.29) is 17.9 Å². The highest BCUT2D eigenvalue weighted by Gasteiger charge is 2.29. The summed E-state index contributed by atoms with van der Waals surface area (Å²) in [6, 6.07) is 18.4. The van der Waals surface area contributed by atoms with Gasteiger partial charge in [-0.3, -0.25) is 4.79 Å². The summed E-state index contributed by atoms with van der Waals surface area (Å²) in [6.07, 6.45) is 1.85. The van der Waals surface area contributed by atoms with Gasteiger partial charge in [0.15, 0.2) is 5.58 Å². The minimum absolute atomic E-state index is 0.00315. The van der Waals surface area contributed by atoms with Crippen molar-refractivity contribution < 1.29 is 9.21 Å². The molecule has 1 aliphatic heterocycles. The summed E-state index contributed by atoms with van der Waals surface area (Å²) in [5.41, 5.74) is 2.76. The van der Waals surface area contributed by atoms with E-state index in [0.29, 0.717) is 12.6 Å². The first-order chi connectivity index (χ1) is 12.7. The van der Waals surface area contributed by atoms with E-state index < -0.39 is 0 Å². The molecule has 2 atom stereocenters. The van der Waals surface area contributed by atoms with E-state index in [0.717, 1.165) is 36.0 Å². The van der Waals surface area contributed by atoms with Crippen molar-refractivity contribution in [1.82, 2.24) is 10.3 Å². The Morgan fingerprint density at radius 1 is 1.19 bits per heavy atom. The molecule has 4 rings (SSSR count). The van der Waals surface area contributed by atoms with E-state index in [1.54, 1.807) is 0 Å². The van der Waals surface area contributed by atoms with E-state index >= 15 is 0 Å². The SMILES string of the molecule is CC(NC(=O)C1CCCN(c2nc3ccccc3o2)C1)c1ccccc1. The standard InChI is InChI=1S/C21H23N3O2/c1-15(16-8-3-2-4-9-16)22-20(25)17-10-7-13-24(14-17)21-23-18-11-5-6-12-19(18)26-21/h2-6,8-9,11-12,15,17H,7,10,13-14H2,1H3,(H,22,25). The van der Waals surface area contributed by atoms with Crippen molar-refractivity contribution in [2.45, 2.75) is 25.8 Å². The van der Waals surface area contributed by atoms with Crippen LogP contribution in [0.25, 0.3) is 11.1 Å². The zero-order chi connectivity index (χ0) is 17.9. The molecule has 1 aromatic heterocycles. The number of aromatic nitrogens is 1. The Labute approximate surface area is 153 Å². The highest BCUT2D eigenvalue weighted by Crippen LogP contribution is 2.26. The van der Waals surface area contributed by atoms with Gasteiger partial charge in [-0.05, 0) is 37.5 Å². The van der Waals surface area contributed by atoms with Crippen LogP contribution in [0.3, 0.4) is 0 Å². The number of hydrogen-bond acceptors (Lipinski definition) is 4. The average Bonchev–Trinajstić information content (AvgIpc) is 3.13. The van der Waals surface area contributed by atoms with E-state index in [4.69, 9.17) is 4.42 Å². The highest BCUT2D eigenvalue weighted by atomic mass is 16.4. The number of carbonyl (C=O) groups excluding carboxylic acids is 1. The van der Waals surface area contributed by atoms with Crippen LogP contribution in [0.4, 0.5) is 6.01 Å². The molecule has 1 amide bonds. The molecule has 1 N–H and O–H groups in total. The Hall–Kier alpha value is -2.82. The molecule has 1 fully saturated rings. The lowest BCUT2D eigenvalue weighted by Gasteiger charge is -2.31. The van der Waals surface area contributed by atoms with E-state index in [2.05, 4.69) is 15.2 Å². The molecular weight excluding hydrogens is 326 g/mol. The summed E-state index contributed by atoms with van der Waals surface area (Å²) in [5.74, 6) is 0.0482. The molecule has 1 aliphatic rings. The summed E-state index contributed by atoms with van der Waals surface area (Å²) in [5, 5.41) is 3.15. The van der Waals surface area contributed by atoms with Crippen LogP contribution in [0, 0.1) is 5.92 Å². The molecule has 0 radical (unpaired) electrons. The van der Waals surface area contributed by atoms with Crippen LogP contribution in [0.2, 0.25) is 0 Å². The fraction of sp³-hybridized carbons (Fsp3) is 0.333. The Morgan fingerprint density at radius 3 is 2.77 bits per heavy atom. The number of carbonyl (C=O) groups is 1. The van der Waals surface area contributed by atoms with E-state index in [9.17, 15) is 4.79 Å². The van der Waals surface area contributed by atoms with Crippen molar-refractivity contribution in [2.75, 3.05) is 18.0 Å². The summed E-state index contributed by atoms with van der Waals surface area (Å²) in [7, 11) is 0. The van der Waals surface area contributed by atoms with E-state index in [1.165, 1.54) is 0 Å². The molecule has 2 unspecified atom stereocenters. The number of nitrogens with zero attached hydrogens (tertiary/aromatic N) is 2. The average molecular weight is 349 g/mol. The summed E-state index contributed by atoms with van der Waals surface area (Å²) >= 11 is 0. The molecule has 0 aliphatic carbocycles. The number of fused-ring (bicyclic) bond motifs is 1. The van der Waals surface area contributed by atoms with Gasteiger partial charge in [0.05, 0.1) is 12.0 Å². The summed E-state index contributed by atoms with van der Waals surface area (Å²) in [4.78, 5) is 19.4. The Bertz CT molecular complexity index is 857. The van der Waals surface area contributed by atoms with Crippen LogP contribution in [-0.4, -0.2) is 24.0 Å². The van der Waals surface area contributed by atoms with Crippen LogP contribution >= 0.6 is 0 Å². The first kappa shape index (κ1) is 16.6. The topological polar surface area (TPSA) is 58.4 Å². The maximum atomic E-state index is 12.7. The van der Waals surface area contributed by atoms with Gasteiger partial charge in [-0.1, -0.05) is 42.5 Å². The number of rotatable bonds is 4. The Balaban J connectivity index is 1.43. The molecule has 0 bridgehead atoms. The van der Waals surface area contributed by atoms with Gasteiger partial charge in [-0.15, -0.1) is 0 Å². The maximum absolute atomic E-state index is 12.7. The second kappa shape index (κ2) is 7.20. The molecule has 26 heavy (non-hydrogen) atoms. The quantitative estimate of drug-likeness (QED) is 0.775. The Morgan fingerprint density at radius 2 is 1.96 bits per heavy atom. The number of amides is 1. The van der Waals surface area contributed by atoms with Gasteiger partial charge in [0, 0.05) is 13.1 Å². The molecule has 5 nitrogen and oxygen atoms in total. The maximum Gasteiger partial charge on any atom is 0.298 e. The molecule has 2 heterocycles. The fourth-order valence-electron chi connectivity index (χ4n) is 3.52. The van der Waals surface area contributed by atoms with Crippen molar-refractivity contribution in [3.8, 4) is 0 Å². The normalized spacial score (nSPS) is 18.7. The lowest BCUT2D eigenvalue weighted by molar-refractivity contribution is -0.125. The first-order valence-corrected chi connectivity index (χ1v) is 9.16. The highest BCUT2D eigenvalue weighted by molar-refractivity contribution is 5.80. The van der Waals surface area contributed by atoms with Gasteiger partial charge in [0.2, 0.25) is 5.91 Å². The third kappa shape index (κ3) is 3.43. The van der Waals surface area contributed by atoms with Crippen molar-refractivity contribution in [1.29, 1.82) is 0 Å². The van der Waals surface area contributed by atoms with Crippen molar-refractivity contribution in [3.63, 3.8) is 0 Å². The van der Waals surface area contributed by atoms with Crippen LogP contribution in [0.5, 0.6) is 0 Å².